The van der Waals surface area contributed by atoms with Crippen LogP contribution in [0.2, 0.25) is 5.02 Å². The van der Waals surface area contributed by atoms with Crippen molar-refractivity contribution in [1.29, 1.82) is 0 Å². The summed E-state index contributed by atoms with van der Waals surface area (Å²) in [7, 11) is 0. The topological polar surface area (TPSA) is 105 Å². The van der Waals surface area contributed by atoms with Gasteiger partial charge in [0.05, 0.1) is 18.0 Å². The quantitative estimate of drug-likeness (QED) is 0.576. The van der Waals surface area contributed by atoms with Crippen molar-refractivity contribution in [3.8, 4) is 5.75 Å². The van der Waals surface area contributed by atoms with Crippen LogP contribution in [0, 0.1) is 0 Å². The van der Waals surface area contributed by atoms with Gasteiger partial charge in [0.1, 0.15) is 18.9 Å². The third-order valence-corrected chi connectivity index (χ3v) is 2.90. The zero-order valence-corrected chi connectivity index (χ0v) is 13.1. The van der Waals surface area contributed by atoms with Crippen LogP contribution in [0.25, 0.3) is 0 Å². The Labute approximate surface area is 138 Å². The molecule has 0 radical (unpaired) electrons. The van der Waals surface area contributed by atoms with Gasteiger partial charge >= 0.3 is 5.97 Å². The molecule has 0 spiro atoms. The fourth-order valence-corrected chi connectivity index (χ4v) is 1.84. The number of carboxylic acid groups (broad SMARTS) is 1. The fourth-order valence-electron chi connectivity index (χ4n) is 1.58. The van der Waals surface area contributed by atoms with Crippen molar-refractivity contribution in [1.82, 2.24) is 10.6 Å². The number of hydrogen-bond donors (Lipinski definition) is 3. The van der Waals surface area contributed by atoms with Gasteiger partial charge < -0.3 is 20.5 Å². The van der Waals surface area contributed by atoms with Crippen LogP contribution in [-0.4, -0.2) is 42.6 Å². The van der Waals surface area contributed by atoms with Crippen LogP contribution in [0.4, 0.5) is 0 Å². The minimum Gasteiger partial charge on any atom is -0.488 e. The van der Waals surface area contributed by atoms with Crippen molar-refractivity contribution in [3.05, 3.63) is 41.4 Å². The molecule has 0 bridgehead atoms. The normalized spacial score (nSPS) is 9.78. The maximum atomic E-state index is 11.7. The van der Waals surface area contributed by atoms with E-state index in [1.165, 1.54) is 0 Å². The molecule has 1 rings (SSSR count). The molecule has 7 nitrogen and oxygen atoms in total. The number of carboxylic acids is 1. The average Bonchev–Trinajstić information content (AvgIpc) is 2.50. The Kier molecular flexibility index (Phi) is 7.62. The van der Waals surface area contributed by atoms with E-state index in [-0.39, 0.29) is 18.9 Å². The lowest BCUT2D eigenvalue weighted by molar-refractivity contribution is -0.137. The lowest BCUT2D eigenvalue weighted by atomic mass is 10.1. The fraction of sp³-hybridized carbons (Fsp3) is 0.267. The summed E-state index contributed by atoms with van der Waals surface area (Å²) < 4.78 is 5.32. The largest absolute Gasteiger partial charge is 0.488 e. The van der Waals surface area contributed by atoms with E-state index in [1.807, 2.05) is 0 Å². The second-order valence-electron chi connectivity index (χ2n) is 4.49. The predicted octanol–water partition coefficient (Wildman–Crippen LogP) is 0.764. The summed E-state index contributed by atoms with van der Waals surface area (Å²) in [4.78, 5) is 33.3. The molecule has 0 atom stereocenters. The zero-order chi connectivity index (χ0) is 17.2. The predicted molar refractivity (Wildman–Crippen MR) is 84.5 cm³/mol. The van der Waals surface area contributed by atoms with Gasteiger partial charge in [0, 0.05) is 0 Å². The van der Waals surface area contributed by atoms with Crippen molar-refractivity contribution >= 4 is 29.4 Å². The first-order valence-corrected chi connectivity index (χ1v) is 7.07. The molecule has 0 aromatic heterocycles. The first kappa shape index (κ1) is 18.5. The highest BCUT2D eigenvalue weighted by atomic mass is 35.5. The van der Waals surface area contributed by atoms with Gasteiger partial charge in [-0.1, -0.05) is 30.3 Å². The van der Waals surface area contributed by atoms with Gasteiger partial charge in [-0.3, -0.25) is 14.4 Å². The van der Waals surface area contributed by atoms with Crippen LogP contribution in [0.3, 0.4) is 0 Å². The smallest absolute Gasteiger partial charge is 0.322 e. The van der Waals surface area contributed by atoms with E-state index in [9.17, 15) is 14.4 Å². The van der Waals surface area contributed by atoms with Crippen LogP contribution >= 0.6 is 11.6 Å². The SMILES string of the molecule is C=CCOc1ccc(CC(=O)NCC(=O)NCC(=O)O)cc1Cl. The first-order valence-electron chi connectivity index (χ1n) is 6.69. The number of benzene rings is 1. The van der Waals surface area contributed by atoms with E-state index < -0.39 is 18.4 Å². The van der Waals surface area contributed by atoms with E-state index in [4.69, 9.17) is 21.4 Å². The highest BCUT2D eigenvalue weighted by Crippen LogP contribution is 2.25. The summed E-state index contributed by atoms with van der Waals surface area (Å²) in [5, 5.41) is 13.3. The Morgan fingerprint density at radius 1 is 1.22 bits per heavy atom. The van der Waals surface area contributed by atoms with Gasteiger partial charge in [-0.2, -0.15) is 0 Å². The molecule has 0 unspecified atom stereocenters. The van der Waals surface area contributed by atoms with Gasteiger partial charge in [-0.25, -0.2) is 0 Å². The van der Waals surface area contributed by atoms with E-state index >= 15 is 0 Å². The number of aliphatic carboxylic acids is 1. The Hall–Kier alpha value is -2.54. The van der Waals surface area contributed by atoms with Gasteiger partial charge in [0.2, 0.25) is 11.8 Å². The lowest BCUT2D eigenvalue weighted by Gasteiger charge is -2.08. The monoisotopic (exact) mass is 340 g/mol. The molecule has 0 fully saturated rings. The molecule has 23 heavy (non-hydrogen) atoms. The number of hydrogen-bond acceptors (Lipinski definition) is 4. The summed E-state index contributed by atoms with van der Waals surface area (Å²) in [6, 6.07) is 4.94. The van der Waals surface area contributed by atoms with Crippen LogP contribution in [-0.2, 0) is 20.8 Å². The molecule has 0 heterocycles. The summed E-state index contributed by atoms with van der Waals surface area (Å²) in [6.07, 6.45) is 1.63. The van der Waals surface area contributed by atoms with E-state index in [0.717, 1.165) is 0 Å². The van der Waals surface area contributed by atoms with Crippen molar-refractivity contribution in [2.24, 2.45) is 0 Å². The second-order valence-corrected chi connectivity index (χ2v) is 4.90. The Morgan fingerprint density at radius 3 is 2.52 bits per heavy atom. The summed E-state index contributed by atoms with van der Waals surface area (Å²) in [5.41, 5.74) is 0.657. The molecule has 2 amide bonds. The van der Waals surface area contributed by atoms with Crippen molar-refractivity contribution in [3.63, 3.8) is 0 Å². The molecule has 0 aliphatic heterocycles. The van der Waals surface area contributed by atoms with Crippen molar-refractivity contribution < 1.29 is 24.2 Å². The molecule has 0 aliphatic rings. The van der Waals surface area contributed by atoms with E-state index in [1.54, 1.807) is 24.3 Å². The number of amides is 2. The summed E-state index contributed by atoms with van der Waals surface area (Å²) in [6.45, 7) is 3.08. The molecular formula is C15H17ClN2O5. The maximum Gasteiger partial charge on any atom is 0.322 e. The third-order valence-electron chi connectivity index (χ3n) is 2.60. The Morgan fingerprint density at radius 2 is 1.91 bits per heavy atom. The maximum absolute atomic E-state index is 11.7. The summed E-state index contributed by atoms with van der Waals surface area (Å²) in [5.74, 6) is -1.62. The molecule has 124 valence electrons. The molecule has 8 heteroatoms. The summed E-state index contributed by atoms with van der Waals surface area (Å²) >= 11 is 6.04. The van der Waals surface area contributed by atoms with Crippen LogP contribution in [0.5, 0.6) is 5.75 Å². The van der Waals surface area contributed by atoms with Crippen molar-refractivity contribution in [2.75, 3.05) is 19.7 Å². The number of halogens is 1. The van der Waals surface area contributed by atoms with Crippen LogP contribution < -0.4 is 15.4 Å². The molecule has 1 aromatic carbocycles. The number of carbonyl (C=O) groups excluding carboxylic acids is 2. The Balaban J connectivity index is 2.45. The minimum atomic E-state index is -1.15. The van der Waals surface area contributed by atoms with E-state index in [0.29, 0.717) is 22.9 Å². The minimum absolute atomic E-state index is 0.0354. The number of nitrogens with one attached hydrogen (secondary N) is 2. The first-order chi connectivity index (χ1) is 10.9. The molecule has 0 aliphatic carbocycles. The van der Waals surface area contributed by atoms with E-state index in [2.05, 4.69) is 17.2 Å². The van der Waals surface area contributed by atoms with Crippen molar-refractivity contribution in [2.45, 2.75) is 6.42 Å². The Bertz CT molecular complexity index is 604. The lowest BCUT2D eigenvalue weighted by Crippen LogP contribution is -2.39. The number of ether oxygens (including phenoxy) is 1. The molecular weight excluding hydrogens is 324 g/mol. The van der Waals surface area contributed by atoms with Gasteiger partial charge in [0.25, 0.3) is 0 Å². The highest BCUT2D eigenvalue weighted by molar-refractivity contribution is 6.32. The molecule has 0 saturated carbocycles. The van der Waals surface area contributed by atoms with Gasteiger partial charge in [-0.05, 0) is 17.7 Å². The second kappa shape index (κ2) is 9.47. The standard InChI is InChI=1S/C15H17ClN2O5/c1-2-5-23-12-4-3-10(6-11(12)16)7-13(19)17-8-14(20)18-9-15(21)22/h2-4,6H,1,5,7-9H2,(H,17,19)(H,18,20)(H,21,22). The van der Waals surface area contributed by atoms with Gasteiger partial charge in [0.15, 0.2) is 0 Å². The molecule has 3 N–H and O–H groups in total. The van der Waals surface area contributed by atoms with Crippen LogP contribution in [0.15, 0.2) is 30.9 Å². The number of rotatable bonds is 9. The van der Waals surface area contributed by atoms with Crippen LogP contribution in [0.1, 0.15) is 5.56 Å². The zero-order valence-electron chi connectivity index (χ0n) is 12.3. The number of carbonyl (C=O) groups is 3. The highest BCUT2D eigenvalue weighted by Gasteiger charge is 2.09. The molecule has 0 saturated heterocycles. The van der Waals surface area contributed by atoms with Gasteiger partial charge in [-0.15, -0.1) is 0 Å². The average molecular weight is 341 g/mol. The molecule has 1 aromatic rings. The third kappa shape index (κ3) is 7.32.